The molecular weight excluding hydrogens is 312 g/mol. The maximum Gasteiger partial charge on any atom is 0.0326 e. The van der Waals surface area contributed by atoms with Gasteiger partial charge in [-0.2, -0.15) is 0 Å². The van der Waals surface area contributed by atoms with Gasteiger partial charge in [-0.05, 0) is 36.4 Å². The summed E-state index contributed by atoms with van der Waals surface area (Å²) in [5, 5.41) is 0. The van der Waals surface area contributed by atoms with Crippen LogP contribution in [0, 0.1) is 0 Å². The van der Waals surface area contributed by atoms with Crippen LogP contribution in [0.25, 0.3) is 0 Å². The van der Waals surface area contributed by atoms with Crippen LogP contribution in [0.3, 0.4) is 0 Å². The first-order valence-electron chi connectivity index (χ1n) is 6.83. The maximum atomic E-state index is 2.27. The second-order valence-electron chi connectivity index (χ2n) is 4.57. The van der Waals surface area contributed by atoms with Gasteiger partial charge in [-0.3, -0.25) is 0 Å². The van der Waals surface area contributed by atoms with E-state index >= 15 is 0 Å². The third-order valence-corrected chi connectivity index (χ3v) is 6.54. The quantitative estimate of drug-likeness (QED) is 0.485. The van der Waals surface area contributed by atoms with E-state index in [9.17, 15) is 0 Å². The molecule has 0 fully saturated rings. The molecule has 21 heavy (non-hydrogen) atoms. The summed E-state index contributed by atoms with van der Waals surface area (Å²) in [4.78, 5) is 5.58. The van der Waals surface area contributed by atoms with Crippen molar-refractivity contribution in [2.45, 2.75) is 21.3 Å². The summed E-state index contributed by atoms with van der Waals surface area (Å²) in [5.74, 6) is 2.12. The minimum absolute atomic E-state index is 1.06. The van der Waals surface area contributed by atoms with Gasteiger partial charge in [0.1, 0.15) is 0 Å². The third kappa shape index (κ3) is 4.67. The standard InChI is InChI=1S/C18H16S3/c1-3-7-15(8-4-1)19-13-17-11-12-18(21-17)14-20-16-9-5-2-6-10-16/h1-12H,13-14H2. The summed E-state index contributed by atoms with van der Waals surface area (Å²) in [6, 6.07) is 25.7. The van der Waals surface area contributed by atoms with Crippen molar-refractivity contribution < 1.29 is 0 Å². The molecule has 3 heteroatoms. The van der Waals surface area contributed by atoms with Gasteiger partial charge in [0, 0.05) is 31.1 Å². The molecule has 0 aliphatic carbocycles. The first-order valence-corrected chi connectivity index (χ1v) is 9.62. The SMILES string of the molecule is c1ccc(SCc2ccc(CSc3ccccc3)s2)cc1. The van der Waals surface area contributed by atoms with Crippen molar-refractivity contribution in [2.24, 2.45) is 0 Å². The van der Waals surface area contributed by atoms with E-state index in [-0.39, 0.29) is 0 Å². The molecule has 0 bridgehead atoms. The Hall–Kier alpha value is -1.16. The molecule has 0 unspecified atom stereocenters. The molecule has 106 valence electrons. The monoisotopic (exact) mass is 328 g/mol. The van der Waals surface area contributed by atoms with Gasteiger partial charge in [0.25, 0.3) is 0 Å². The zero-order chi connectivity index (χ0) is 14.3. The molecule has 0 atom stereocenters. The highest BCUT2D eigenvalue weighted by molar-refractivity contribution is 7.99. The van der Waals surface area contributed by atoms with Gasteiger partial charge in [0.05, 0.1) is 0 Å². The first kappa shape index (κ1) is 14.8. The summed E-state index contributed by atoms with van der Waals surface area (Å²) in [6.45, 7) is 0. The number of thiophene rings is 1. The smallest absolute Gasteiger partial charge is 0.0326 e. The summed E-state index contributed by atoms with van der Waals surface area (Å²) in [6.07, 6.45) is 0. The Morgan fingerprint density at radius 3 is 1.43 bits per heavy atom. The van der Waals surface area contributed by atoms with Crippen molar-refractivity contribution in [3.8, 4) is 0 Å². The van der Waals surface area contributed by atoms with Crippen molar-refractivity contribution in [1.29, 1.82) is 0 Å². The van der Waals surface area contributed by atoms with Crippen molar-refractivity contribution in [2.75, 3.05) is 0 Å². The highest BCUT2D eigenvalue weighted by Crippen LogP contribution is 2.30. The van der Waals surface area contributed by atoms with Crippen LogP contribution < -0.4 is 0 Å². The fourth-order valence-corrected chi connectivity index (χ4v) is 4.86. The summed E-state index contributed by atoms with van der Waals surface area (Å²) >= 11 is 5.74. The second kappa shape index (κ2) is 7.74. The molecule has 0 aliphatic heterocycles. The van der Waals surface area contributed by atoms with E-state index in [1.165, 1.54) is 19.5 Å². The zero-order valence-corrected chi connectivity index (χ0v) is 14.0. The number of benzene rings is 2. The molecule has 1 aromatic heterocycles. The maximum absolute atomic E-state index is 2.27. The van der Waals surface area contributed by atoms with Gasteiger partial charge < -0.3 is 0 Å². The van der Waals surface area contributed by atoms with E-state index < -0.39 is 0 Å². The molecule has 0 nitrogen and oxygen atoms in total. The lowest BCUT2D eigenvalue weighted by Gasteiger charge is -1.99. The van der Waals surface area contributed by atoms with Gasteiger partial charge in [-0.15, -0.1) is 34.9 Å². The van der Waals surface area contributed by atoms with E-state index in [0.717, 1.165) is 11.5 Å². The molecule has 0 amide bonds. The Bertz CT molecular complexity index is 601. The number of thioether (sulfide) groups is 2. The van der Waals surface area contributed by atoms with E-state index in [1.54, 1.807) is 0 Å². The summed E-state index contributed by atoms with van der Waals surface area (Å²) in [5.41, 5.74) is 0. The molecule has 1 heterocycles. The van der Waals surface area contributed by atoms with Gasteiger partial charge in [-0.1, -0.05) is 36.4 Å². The van der Waals surface area contributed by atoms with E-state index in [0.29, 0.717) is 0 Å². The van der Waals surface area contributed by atoms with Crippen LogP contribution in [0.2, 0.25) is 0 Å². The molecule has 3 rings (SSSR count). The number of hydrogen-bond donors (Lipinski definition) is 0. The third-order valence-electron chi connectivity index (χ3n) is 2.97. The minimum Gasteiger partial charge on any atom is -0.144 e. The van der Waals surface area contributed by atoms with E-state index in [4.69, 9.17) is 0 Å². The zero-order valence-electron chi connectivity index (χ0n) is 11.6. The highest BCUT2D eigenvalue weighted by atomic mass is 32.2. The van der Waals surface area contributed by atoms with Crippen molar-refractivity contribution >= 4 is 34.9 Å². The molecule has 3 aromatic rings. The first-order chi connectivity index (χ1) is 10.4. The average molecular weight is 329 g/mol. The number of hydrogen-bond acceptors (Lipinski definition) is 3. The molecule has 0 saturated heterocycles. The Morgan fingerprint density at radius 1 is 0.571 bits per heavy atom. The lowest BCUT2D eigenvalue weighted by molar-refractivity contribution is 1.43. The Balaban J connectivity index is 1.52. The largest absolute Gasteiger partial charge is 0.144 e. The lowest BCUT2D eigenvalue weighted by Crippen LogP contribution is -1.74. The van der Waals surface area contributed by atoms with Crippen LogP contribution in [0.4, 0.5) is 0 Å². The molecule has 0 spiro atoms. The van der Waals surface area contributed by atoms with Crippen LogP contribution in [0.1, 0.15) is 9.75 Å². The Labute approximate surface area is 138 Å². The van der Waals surface area contributed by atoms with Gasteiger partial charge in [0.15, 0.2) is 0 Å². The molecule has 2 aromatic carbocycles. The molecule has 0 N–H and O–H groups in total. The average Bonchev–Trinajstić information content (AvgIpc) is 3.01. The highest BCUT2D eigenvalue weighted by Gasteiger charge is 2.02. The molecule has 0 saturated carbocycles. The van der Waals surface area contributed by atoms with Crippen LogP contribution in [-0.4, -0.2) is 0 Å². The summed E-state index contributed by atoms with van der Waals surface area (Å²) < 4.78 is 0. The van der Waals surface area contributed by atoms with E-state index in [2.05, 4.69) is 72.8 Å². The fraction of sp³-hybridized carbons (Fsp3) is 0.111. The fourth-order valence-electron chi connectivity index (χ4n) is 1.92. The van der Waals surface area contributed by atoms with Crippen LogP contribution in [0.5, 0.6) is 0 Å². The van der Waals surface area contributed by atoms with Crippen LogP contribution >= 0.6 is 34.9 Å². The topological polar surface area (TPSA) is 0 Å². The molecule has 0 aliphatic rings. The predicted octanol–water partition coefficient (Wildman–Crippen LogP) is 6.33. The normalized spacial score (nSPS) is 10.7. The van der Waals surface area contributed by atoms with Crippen LogP contribution in [-0.2, 0) is 11.5 Å². The van der Waals surface area contributed by atoms with Crippen molar-refractivity contribution in [1.82, 2.24) is 0 Å². The van der Waals surface area contributed by atoms with Gasteiger partial charge in [0.2, 0.25) is 0 Å². The molecular formula is C18H16S3. The number of rotatable bonds is 6. The Kier molecular flexibility index (Phi) is 5.44. The van der Waals surface area contributed by atoms with Gasteiger partial charge in [-0.25, -0.2) is 0 Å². The summed E-state index contributed by atoms with van der Waals surface area (Å²) in [7, 11) is 0. The van der Waals surface area contributed by atoms with Crippen molar-refractivity contribution in [3.63, 3.8) is 0 Å². The Morgan fingerprint density at radius 2 is 1.00 bits per heavy atom. The molecule has 0 radical (unpaired) electrons. The van der Waals surface area contributed by atoms with Gasteiger partial charge >= 0.3 is 0 Å². The second-order valence-corrected chi connectivity index (χ2v) is 7.92. The minimum atomic E-state index is 1.06. The van der Waals surface area contributed by atoms with Crippen LogP contribution in [0.15, 0.2) is 82.6 Å². The lowest BCUT2D eigenvalue weighted by atomic mass is 10.4. The van der Waals surface area contributed by atoms with E-state index in [1.807, 2.05) is 34.9 Å². The predicted molar refractivity (Wildman–Crippen MR) is 96.3 cm³/mol. The van der Waals surface area contributed by atoms with Crippen molar-refractivity contribution in [3.05, 3.63) is 82.6 Å².